The summed E-state index contributed by atoms with van der Waals surface area (Å²) in [5.74, 6) is 1.20. The van der Waals surface area contributed by atoms with Crippen molar-refractivity contribution in [2.24, 2.45) is 0 Å². The van der Waals surface area contributed by atoms with Gasteiger partial charge in [0.15, 0.2) is 17.3 Å². The number of rotatable bonds is 4. The van der Waals surface area contributed by atoms with E-state index in [1.54, 1.807) is 18.2 Å². The molecule has 24 heavy (non-hydrogen) atoms. The van der Waals surface area contributed by atoms with Crippen molar-refractivity contribution in [3.05, 3.63) is 58.7 Å². The number of phenolic OH excluding ortho intramolecular Hbond substituents is 1. The quantitative estimate of drug-likeness (QED) is 0.863. The SMILES string of the molecule is COc1cc(/C=C2\Cc3ccc(OC(C)C)cc3C2=O)ccc1O. The minimum Gasteiger partial charge on any atom is -0.504 e. The highest BCUT2D eigenvalue weighted by Gasteiger charge is 2.25. The number of ketones is 1. The van der Waals surface area contributed by atoms with E-state index in [-0.39, 0.29) is 17.6 Å². The average Bonchev–Trinajstić information content (AvgIpc) is 2.85. The molecule has 2 aromatic rings. The van der Waals surface area contributed by atoms with Gasteiger partial charge in [-0.3, -0.25) is 4.79 Å². The van der Waals surface area contributed by atoms with Gasteiger partial charge in [0.2, 0.25) is 0 Å². The summed E-state index contributed by atoms with van der Waals surface area (Å²) < 4.78 is 10.8. The van der Waals surface area contributed by atoms with E-state index in [4.69, 9.17) is 9.47 Å². The van der Waals surface area contributed by atoms with Crippen molar-refractivity contribution in [2.75, 3.05) is 7.11 Å². The molecule has 0 saturated carbocycles. The predicted molar refractivity (Wildman–Crippen MR) is 92.9 cm³/mol. The molecule has 0 heterocycles. The Balaban J connectivity index is 1.90. The molecule has 0 bridgehead atoms. The lowest BCUT2D eigenvalue weighted by Crippen LogP contribution is -2.06. The first-order valence-corrected chi connectivity index (χ1v) is 7.90. The van der Waals surface area contributed by atoms with E-state index in [0.29, 0.717) is 23.5 Å². The molecule has 0 amide bonds. The van der Waals surface area contributed by atoms with Crippen LogP contribution in [0.15, 0.2) is 42.0 Å². The van der Waals surface area contributed by atoms with Crippen molar-refractivity contribution in [3.63, 3.8) is 0 Å². The van der Waals surface area contributed by atoms with E-state index < -0.39 is 0 Å². The van der Waals surface area contributed by atoms with Gasteiger partial charge in [-0.15, -0.1) is 0 Å². The van der Waals surface area contributed by atoms with Crippen LogP contribution in [0.5, 0.6) is 17.2 Å². The smallest absolute Gasteiger partial charge is 0.189 e. The third-order valence-electron chi connectivity index (χ3n) is 3.91. The maximum Gasteiger partial charge on any atom is 0.189 e. The van der Waals surface area contributed by atoms with E-state index in [0.717, 1.165) is 16.7 Å². The Morgan fingerprint density at radius 2 is 1.96 bits per heavy atom. The monoisotopic (exact) mass is 324 g/mol. The van der Waals surface area contributed by atoms with Crippen molar-refractivity contribution < 1.29 is 19.4 Å². The number of carbonyl (C=O) groups excluding carboxylic acids is 1. The zero-order valence-corrected chi connectivity index (χ0v) is 14.0. The number of benzene rings is 2. The molecule has 4 heteroatoms. The van der Waals surface area contributed by atoms with Crippen LogP contribution >= 0.6 is 0 Å². The van der Waals surface area contributed by atoms with E-state index in [1.165, 1.54) is 7.11 Å². The number of aromatic hydroxyl groups is 1. The maximum atomic E-state index is 12.7. The fourth-order valence-electron chi connectivity index (χ4n) is 2.83. The van der Waals surface area contributed by atoms with Gasteiger partial charge >= 0.3 is 0 Å². The van der Waals surface area contributed by atoms with Gasteiger partial charge in [0.25, 0.3) is 0 Å². The molecule has 1 aliphatic rings. The minimum absolute atomic E-state index is 0.0197. The Labute approximate surface area is 141 Å². The molecular weight excluding hydrogens is 304 g/mol. The molecule has 3 rings (SSSR count). The van der Waals surface area contributed by atoms with Crippen LogP contribution in [0.3, 0.4) is 0 Å². The Morgan fingerprint density at radius 1 is 1.17 bits per heavy atom. The van der Waals surface area contributed by atoms with E-state index in [2.05, 4.69) is 0 Å². The number of ether oxygens (including phenoxy) is 2. The zero-order valence-electron chi connectivity index (χ0n) is 14.0. The summed E-state index contributed by atoms with van der Waals surface area (Å²) in [6, 6.07) is 10.7. The topological polar surface area (TPSA) is 55.8 Å². The Hall–Kier alpha value is -2.75. The number of allylic oxidation sites excluding steroid dienone is 1. The number of carbonyl (C=O) groups is 1. The third kappa shape index (κ3) is 3.13. The second-order valence-corrected chi connectivity index (χ2v) is 6.09. The van der Waals surface area contributed by atoms with Crippen molar-refractivity contribution in [3.8, 4) is 17.2 Å². The highest BCUT2D eigenvalue weighted by molar-refractivity contribution is 6.15. The van der Waals surface area contributed by atoms with E-state index >= 15 is 0 Å². The van der Waals surface area contributed by atoms with Gasteiger partial charge in [0.05, 0.1) is 13.2 Å². The number of phenols is 1. The lowest BCUT2D eigenvalue weighted by molar-refractivity contribution is 0.104. The van der Waals surface area contributed by atoms with Gasteiger partial charge in [0, 0.05) is 17.6 Å². The maximum absolute atomic E-state index is 12.7. The number of methoxy groups -OCH3 is 1. The zero-order chi connectivity index (χ0) is 17.3. The van der Waals surface area contributed by atoms with Gasteiger partial charge in [-0.05, 0) is 55.3 Å². The van der Waals surface area contributed by atoms with Crippen LogP contribution in [0, 0.1) is 0 Å². The first-order valence-electron chi connectivity index (χ1n) is 7.90. The lowest BCUT2D eigenvalue weighted by atomic mass is 10.1. The first-order chi connectivity index (χ1) is 11.5. The van der Waals surface area contributed by atoms with Crippen molar-refractivity contribution in [1.29, 1.82) is 0 Å². The number of hydrogen-bond donors (Lipinski definition) is 1. The summed E-state index contributed by atoms with van der Waals surface area (Å²) in [6.07, 6.45) is 2.51. The third-order valence-corrected chi connectivity index (χ3v) is 3.91. The number of Topliss-reactive ketones (excluding diaryl/α,β-unsaturated/α-hetero) is 1. The summed E-state index contributed by atoms with van der Waals surface area (Å²) in [6.45, 7) is 3.91. The van der Waals surface area contributed by atoms with Crippen molar-refractivity contribution in [2.45, 2.75) is 26.4 Å². The van der Waals surface area contributed by atoms with Gasteiger partial charge in [-0.1, -0.05) is 12.1 Å². The molecule has 1 N–H and O–H groups in total. The molecule has 0 radical (unpaired) electrons. The van der Waals surface area contributed by atoms with E-state index in [9.17, 15) is 9.90 Å². The van der Waals surface area contributed by atoms with Crippen LogP contribution in [0.4, 0.5) is 0 Å². The summed E-state index contributed by atoms with van der Waals surface area (Å²) in [5, 5.41) is 9.67. The fraction of sp³-hybridized carbons (Fsp3) is 0.250. The molecule has 124 valence electrons. The Bertz CT molecular complexity index is 818. The lowest BCUT2D eigenvalue weighted by Gasteiger charge is -2.10. The van der Waals surface area contributed by atoms with Crippen LogP contribution in [0.25, 0.3) is 6.08 Å². The first kappa shape index (κ1) is 16.1. The van der Waals surface area contributed by atoms with E-state index in [1.807, 2.05) is 38.1 Å². The van der Waals surface area contributed by atoms with Gasteiger partial charge in [-0.25, -0.2) is 0 Å². The molecule has 0 saturated heterocycles. The number of hydrogen-bond acceptors (Lipinski definition) is 4. The largest absolute Gasteiger partial charge is 0.504 e. The fourth-order valence-corrected chi connectivity index (χ4v) is 2.83. The number of fused-ring (bicyclic) bond motifs is 1. The second-order valence-electron chi connectivity index (χ2n) is 6.09. The summed E-state index contributed by atoms with van der Waals surface area (Å²) in [7, 11) is 1.50. The summed E-state index contributed by atoms with van der Waals surface area (Å²) >= 11 is 0. The molecule has 1 aliphatic carbocycles. The molecule has 0 aromatic heterocycles. The van der Waals surface area contributed by atoms with Gasteiger partial charge in [-0.2, -0.15) is 0 Å². The normalized spacial score (nSPS) is 15.0. The molecule has 0 fully saturated rings. The Kier molecular flexibility index (Phi) is 4.30. The van der Waals surface area contributed by atoms with Crippen molar-refractivity contribution >= 4 is 11.9 Å². The molecule has 0 aliphatic heterocycles. The summed E-state index contributed by atoms with van der Waals surface area (Å²) in [4.78, 5) is 12.7. The van der Waals surface area contributed by atoms with Crippen LogP contribution < -0.4 is 9.47 Å². The highest BCUT2D eigenvalue weighted by atomic mass is 16.5. The highest BCUT2D eigenvalue weighted by Crippen LogP contribution is 2.32. The minimum atomic E-state index is 0.0197. The molecule has 0 unspecified atom stereocenters. The Morgan fingerprint density at radius 3 is 2.67 bits per heavy atom. The molecule has 4 nitrogen and oxygen atoms in total. The molecule has 2 aromatic carbocycles. The second kappa shape index (κ2) is 6.40. The predicted octanol–water partition coefficient (Wildman–Crippen LogP) is 4.01. The standard InChI is InChI=1S/C20H20O4/c1-12(2)24-16-6-5-14-10-15(20(22)17(14)11-16)8-13-4-7-18(21)19(9-13)23-3/h4-9,11-12,21H,10H2,1-3H3/b15-8+. The molecule has 0 atom stereocenters. The average molecular weight is 324 g/mol. The van der Waals surface area contributed by atoms with Crippen LogP contribution in [-0.4, -0.2) is 24.1 Å². The van der Waals surface area contributed by atoms with Crippen LogP contribution in [-0.2, 0) is 6.42 Å². The van der Waals surface area contributed by atoms with Gasteiger partial charge < -0.3 is 14.6 Å². The van der Waals surface area contributed by atoms with Crippen molar-refractivity contribution in [1.82, 2.24) is 0 Å². The summed E-state index contributed by atoms with van der Waals surface area (Å²) in [5.41, 5.74) is 3.25. The van der Waals surface area contributed by atoms with Crippen LogP contribution in [0.1, 0.15) is 35.3 Å². The molecular formula is C20H20O4. The van der Waals surface area contributed by atoms with Gasteiger partial charge in [0.1, 0.15) is 5.75 Å². The molecule has 0 spiro atoms. The van der Waals surface area contributed by atoms with Crippen LogP contribution in [0.2, 0.25) is 0 Å².